The van der Waals surface area contributed by atoms with Crippen molar-refractivity contribution in [2.75, 3.05) is 0 Å². The van der Waals surface area contributed by atoms with Crippen molar-refractivity contribution in [1.29, 1.82) is 0 Å². The molecule has 0 atom stereocenters. The maximum atomic E-state index is 10.4. The zero-order chi connectivity index (χ0) is 12.5. The maximum Gasteiger partial charge on any atom is 0.269 e. The minimum atomic E-state index is -0.439. The van der Waals surface area contributed by atoms with E-state index in [1.54, 1.807) is 12.1 Å². The van der Waals surface area contributed by atoms with Crippen LogP contribution in [-0.2, 0) is 0 Å². The highest BCUT2D eigenvalue weighted by Gasteiger charge is 2.01. The van der Waals surface area contributed by atoms with Crippen LogP contribution in [0.15, 0.2) is 29.4 Å². The molecular formula is C12H12N2O3. The van der Waals surface area contributed by atoms with Crippen LogP contribution in [0.25, 0.3) is 0 Å². The summed E-state index contributed by atoms with van der Waals surface area (Å²) in [6.07, 6.45) is 3.63. The van der Waals surface area contributed by atoms with E-state index in [0.717, 1.165) is 12.0 Å². The number of non-ortho nitro benzene ring substituents is 1. The molecule has 0 radical (unpaired) electrons. The zero-order valence-electron chi connectivity index (χ0n) is 9.17. The van der Waals surface area contributed by atoms with Crippen molar-refractivity contribution in [3.63, 3.8) is 0 Å². The van der Waals surface area contributed by atoms with Gasteiger partial charge in [-0.25, -0.2) is 0 Å². The number of rotatable bonds is 4. The molecular weight excluding hydrogens is 220 g/mol. The lowest BCUT2D eigenvalue weighted by molar-refractivity contribution is -0.384. The zero-order valence-corrected chi connectivity index (χ0v) is 9.17. The van der Waals surface area contributed by atoms with Gasteiger partial charge in [0.25, 0.3) is 5.69 Å². The highest BCUT2D eigenvalue weighted by Crippen LogP contribution is 2.10. The first kappa shape index (κ1) is 12.7. The summed E-state index contributed by atoms with van der Waals surface area (Å²) in [5, 5.41) is 21.4. The summed E-state index contributed by atoms with van der Waals surface area (Å²) < 4.78 is 0. The third-order valence-electron chi connectivity index (χ3n) is 2.03. The van der Waals surface area contributed by atoms with Crippen molar-refractivity contribution in [1.82, 2.24) is 0 Å². The van der Waals surface area contributed by atoms with Gasteiger partial charge in [-0.2, -0.15) is 0 Å². The Hall–Kier alpha value is -2.35. The number of oxime groups is 1. The van der Waals surface area contributed by atoms with E-state index >= 15 is 0 Å². The smallest absolute Gasteiger partial charge is 0.269 e. The van der Waals surface area contributed by atoms with Gasteiger partial charge in [0.15, 0.2) is 0 Å². The molecule has 0 amide bonds. The van der Waals surface area contributed by atoms with Crippen LogP contribution in [0.3, 0.4) is 0 Å². The molecule has 0 aromatic heterocycles. The lowest BCUT2D eigenvalue weighted by atomic mass is 10.2. The van der Waals surface area contributed by atoms with Gasteiger partial charge < -0.3 is 5.21 Å². The highest BCUT2D eigenvalue weighted by atomic mass is 16.6. The van der Waals surface area contributed by atoms with Crippen LogP contribution >= 0.6 is 0 Å². The first-order valence-electron chi connectivity index (χ1n) is 5.13. The fraction of sp³-hybridized carbons (Fsp3) is 0.250. The van der Waals surface area contributed by atoms with E-state index in [-0.39, 0.29) is 5.69 Å². The van der Waals surface area contributed by atoms with Crippen molar-refractivity contribution >= 4 is 11.9 Å². The predicted octanol–water partition coefficient (Wildman–Crippen LogP) is 2.58. The molecule has 0 saturated heterocycles. The normalized spacial score (nSPS) is 9.88. The van der Waals surface area contributed by atoms with E-state index in [4.69, 9.17) is 5.21 Å². The molecule has 0 bridgehead atoms. The summed E-state index contributed by atoms with van der Waals surface area (Å²) in [7, 11) is 0. The molecule has 1 rings (SSSR count). The Morgan fingerprint density at radius 3 is 2.71 bits per heavy atom. The summed E-state index contributed by atoms with van der Waals surface area (Å²) in [6.45, 7) is 0. The fourth-order valence-corrected chi connectivity index (χ4v) is 1.17. The molecule has 5 heteroatoms. The summed E-state index contributed by atoms with van der Waals surface area (Å²) in [4.78, 5) is 9.97. The molecule has 0 spiro atoms. The first-order valence-corrected chi connectivity index (χ1v) is 5.13. The number of hydrogen-bond donors (Lipinski definition) is 1. The Labute approximate surface area is 98.9 Å². The second-order valence-corrected chi connectivity index (χ2v) is 3.30. The number of nitro benzene ring substituents is 1. The average Bonchev–Trinajstić information content (AvgIpc) is 2.34. The lowest BCUT2D eigenvalue weighted by Crippen LogP contribution is -1.86. The minimum Gasteiger partial charge on any atom is -0.411 e. The highest BCUT2D eigenvalue weighted by molar-refractivity contribution is 5.55. The van der Waals surface area contributed by atoms with Gasteiger partial charge >= 0.3 is 0 Å². The average molecular weight is 232 g/mol. The Morgan fingerprint density at radius 2 is 2.12 bits per heavy atom. The van der Waals surface area contributed by atoms with Gasteiger partial charge in [0.1, 0.15) is 0 Å². The van der Waals surface area contributed by atoms with Gasteiger partial charge in [0.05, 0.1) is 4.92 Å². The summed E-state index contributed by atoms with van der Waals surface area (Å²) in [6, 6.07) is 6.12. The van der Waals surface area contributed by atoms with Gasteiger partial charge in [-0.15, -0.1) is 5.16 Å². The summed E-state index contributed by atoms with van der Waals surface area (Å²) in [5.74, 6) is 5.85. The van der Waals surface area contributed by atoms with Gasteiger partial charge in [-0.1, -0.05) is 11.8 Å². The Morgan fingerprint density at radius 1 is 1.41 bits per heavy atom. The van der Waals surface area contributed by atoms with Crippen LogP contribution in [-0.4, -0.2) is 16.3 Å². The molecule has 0 aliphatic rings. The minimum absolute atomic E-state index is 0.0645. The van der Waals surface area contributed by atoms with E-state index < -0.39 is 4.92 Å². The third-order valence-corrected chi connectivity index (χ3v) is 2.03. The molecule has 0 fully saturated rings. The van der Waals surface area contributed by atoms with E-state index in [1.165, 1.54) is 18.3 Å². The number of benzene rings is 1. The molecule has 0 unspecified atom stereocenters. The van der Waals surface area contributed by atoms with Crippen molar-refractivity contribution in [2.24, 2.45) is 5.16 Å². The lowest BCUT2D eigenvalue weighted by Gasteiger charge is -1.91. The van der Waals surface area contributed by atoms with E-state index in [2.05, 4.69) is 17.0 Å². The van der Waals surface area contributed by atoms with Crippen molar-refractivity contribution in [3.8, 4) is 11.8 Å². The number of nitrogens with zero attached hydrogens (tertiary/aromatic N) is 2. The molecule has 0 aliphatic carbocycles. The Bertz CT molecular complexity index is 455. The predicted molar refractivity (Wildman–Crippen MR) is 64.1 cm³/mol. The summed E-state index contributed by atoms with van der Waals surface area (Å²) >= 11 is 0. The molecule has 88 valence electrons. The summed E-state index contributed by atoms with van der Waals surface area (Å²) in [5.41, 5.74) is 0.820. The van der Waals surface area contributed by atoms with Gasteiger partial charge in [-0.05, 0) is 25.0 Å². The largest absolute Gasteiger partial charge is 0.411 e. The first-order chi connectivity index (χ1) is 8.24. The molecule has 17 heavy (non-hydrogen) atoms. The van der Waals surface area contributed by atoms with Gasteiger partial charge in [0.2, 0.25) is 0 Å². The van der Waals surface area contributed by atoms with E-state index in [0.29, 0.717) is 12.8 Å². The van der Waals surface area contributed by atoms with Crippen LogP contribution < -0.4 is 0 Å². The van der Waals surface area contributed by atoms with Crippen LogP contribution in [0.5, 0.6) is 0 Å². The topological polar surface area (TPSA) is 75.7 Å². The van der Waals surface area contributed by atoms with Crippen molar-refractivity contribution in [2.45, 2.75) is 19.3 Å². The fourth-order valence-electron chi connectivity index (χ4n) is 1.17. The van der Waals surface area contributed by atoms with Gasteiger partial charge in [-0.3, -0.25) is 10.1 Å². The molecule has 1 aromatic rings. The molecule has 0 saturated carbocycles. The molecule has 1 aromatic carbocycles. The van der Waals surface area contributed by atoms with Crippen LogP contribution in [0.2, 0.25) is 0 Å². The second-order valence-electron chi connectivity index (χ2n) is 3.30. The second kappa shape index (κ2) is 7.01. The SMILES string of the molecule is O=[N+]([O-])c1ccc(C#CCCCC=NO)cc1. The van der Waals surface area contributed by atoms with Crippen molar-refractivity contribution in [3.05, 3.63) is 39.9 Å². The van der Waals surface area contributed by atoms with E-state index in [9.17, 15) is 10.1 Å². The van der Waals surface area contributed by atoms with E-state index in [1.807, 2.05) is 0 Å². The number of nitro groups is 1. The molecule has 5 nitrogen and oxygen atoms in total. The molecule has 0 aliphatic heterocycles. The Balaban J connectivity index is 2.46. The van der Waals surface area contributed by atoms with Crippen molar-refractivity contribution < 1.29 is 10.1 Å². The number of hydrogen-bond acceptors (Lipinski definition) is 4. The monoisotopic (exact) mass is 232 g/mol. The van der Waals surface area contributed by atoms with Crippen LogP contribution in [0.4, 0.5) is 5.69 Å². The molecule has 1 N–H and O–H groups in total. The standard InChI is InChI=1S/C12H12N2O3/c15-13-10-4-2-1-3-5-11-6-8-12(9-7-11)14(16)17/h6-10,15H,1-2,4H2. The number of unbranched alkanes of at least 4 members (excludes halogenated alkanes) is 2. The maximum absolute atomic E-state index is 10.4. The van der Waals surface area contributed by atoms with Crippen LogP contribution in [0.1, 0.15) is 24.8 Å². The third kappa shape index (κ3) is 4.80. The Kier molecular flexibility index (Phi) is 5.25. The molecule has 0 heterocycles. The van der Waals surface area contributed by atoms with Gasteiger partial charge in [0, 0.05) is 30.3 Å². The van der Waals surface area contributed by atoms with Crippen LogP contribution in [0, 0.1) is 22.0 Å². The quantitative estimate of drug-likeness (QED) is 0.216.